The Bertz CT molecular complexity index is 286. The van der Waals surface area contributed by atoms with Crippen molar-refractivity contribution in [3.8, 4) is 0 Å². The summed E-state index contributed by atoms with van der Waals surface area (Å²) in [4.78, 5) is 0. The first-order valence-electron chi connectivity index (χ1n) is 7.82. The van der Waals surface area contributed by atoms with E-state index in [2.05, 4.69) is 5.32 Å². The maximum Gasteiger partial charge on any atom is 0.0741 e. The van der Waals surface area contributed by atoms with Gasteiger partial charge in [0.15, 0.2) is 0 Å². The second-order valence-corrected chi connectivity index (χ2v) is 6.31. The highest BCUT2D eigenvalue weighted by molar-refractivity contribution is 4.94. The SMILES string of the molecule is COC1CCCC1NC1CCOC2(CCOCC2)C1. The van der Waals surface area contributed by atoms with Crippen LogP contribution in [-0.4, -0.2) is 50.7 Å². The molecule has 3 rings (SSSR count). The fourth-order valence-electron chi connectivity index (χ4n) is 3.96. The predicted molar refractivity (Wildman–Crippen MR) is 73.3 cm³/mol. The molecule has 0 aromatic carbocycles. The first-order valence-corrected chi connectivity index (χ1v) is 7.82. The lowest BCUT2D eigenvalue weighted by Crippen LogP contribution is -2.53. The van der Waals surface area contributed by atoms with E-state index in [1.807, 2.05) is 7.11 Å². The van der Waals surface area contributed by atoms with Crippen molar-refractivity contribution >= 4 is 0 Å². The minimum Gasteiger partial charge on any atom is -0.381 e. The molecule has 0 bridgehead atoms. The first-order chi connectivity index (χ1) is 9.31. The van der Waals surface area contributed by atoms with Gasteiger partial charge in [-0.25, -0.2) is 0 Å². The maximum atomic E-state index is 6.10. The highest BCUT2D eigenvalue weighted by Crippen LogP contribution is 2.35. The van der Waals surface area contributed by atoms with Gasteiger partial charge in [0.25, 0.3) is 0 Å². The predicted octanol–water partition coefficient (Wildman–Crippen LogP) is 1.87. The summed E-state index contributed by atoms with van der Waals surface area (Å²) in [6.07, 6.45) is 8.56. The van der Waals surface area contributed by atoms with E-state index in [0.29, 0.717) is 18.2 Å². The van der Waals surface area contributed by atoms with Crippen LogP contribution in [0.3, 0.4) is 0 Å². The molecule has 2 heterocycles. The molecule has 1 aliphatic carbocycles. The normalized spacial score (nSPS) is 38.7. The number of nitrogens with one attached hydrogen (secondary N) is 1. The van der Waals surface area contributed by atoms with Crippen LogP contribution < -0.4 is 5.32 Å². The van der Waals surface area contributed by atoms with Crippen LogP contribution in [-0.2, 0) is 14.2 Å². The van der Waals surface area contributed by atoms with Crippen LogP contribution >= 0.6 is 0 Å². The molecule has 2 saturated heterocycles. The van der Waals surface area contributed by atoms with Crippen LogP contribution in [0.25, 0.3) is 0 Å². The van der Waals surface area contributed by atoms with Crippen LogP contribution in [0.15, 0.2) is 0 Å². The van der Waals surface area contributed by atoms with Crippen LogP contribution in [0.2, 0.25) is 0 Å². The van der Waals surface area contributed by atoms with Crippen LogP contribution in [0.5, 0.6) is 0 Å². The van der Waals surface area contributed by atoms with Crippen LogP contribution in [0.1, 0.15) is 44.9 Å². The van der Waals surface area contributed by atoms with Crippen molar-refractivity contribution in [1.82, 2.24) is 5.32 Å². The zero-order chi connectivity index (χ0) is 13.1. The molecule has 2 aliphatic heterocycles. The molecule has 1 saturated carbocycles. The van der Waals surface area contributed by atoms with E-state index in [4.69, 9.17) is 14.2 Å². The van der Waals surface area contributed by atoms with Gasteiger partial charge in [-0.3, -0.25) is 0 Å². The van der Waals surface area contributed by atoms with Gasteiger partial charge < -0.3 is 19.5 Å². The molecular weight excluding hydrogens is 242 g/mol. The second kappa shape index (κ2) is 6.08. The molecular formula is C15H27NO3. The molecule has 3 fully saturated rings. The van der Waals surface area contributed by atoms with Gasteiger partial charge in [-0.15, -0.1) is 0 Å². The zero-order valence-electron chi connectivity index (χ0n) is 12.0. The minimum atomic E-state index is 0.0926. The third-order valence-electron chi connectivity index (χ3n) is 5.10. The fourth-order valence-corrected chi connectivity index (χ4v) is 3.96. The Morgan fingerprint density at radius 2 is 1.95 bits per heavy atom. The van der Waals surface area contributed by atoms with E-state index in [0.717, 1.165) is 45.5 Å². The Labute approximate surface area is 116 Å². The summed E-state index contributed by atoms with van der Waals surface area (Å²) in [5.41, 5.74) is 0.0926. The van der Waals surface area contributed by atoms with E-state index in [1.165, 1.54) is 19.3 Å². The Balaban J connectivity index is 1.56. The Hall–Kier alpha value is -0.160. The van der Waals surface area contributed by atoms with Crippen molar-refractivity contribution < 1.29 is 14.2 Å². The van der Waals surface area contributed by atoms with E-state index in [-0.39, 0.29) is 5.60 Å². The molecule has 0 aromatic heterocycles. The summed E-state index contributed by atoms with van der Waals surface area (Å²) in [5, 5.41) is 3.84. The molecule has 0 radical (unpaired) electrons. The molecule has 3 atom stereocenters. The molecule has 110 valence electrons. The van der Waals surface area contributed by atoms with Crippen LogP contribution in [0.4, 0.5) is 0 Å². The summed E-state index contributed by atoms with van der Waals surface area (Å²) in [7, 11) is 1.84. The van der Waals surface area contributed by atoms with Gasteiger partial charge in [0.05, 0.1) is 11.7 Å². The highest BCUT2D eigenvalue weighted by Gasteiger charge is 2.40. The molecule has 3 aliphatic rings. The molecule has 0 amide bonds. The lowest BCUT2D eigenvalue weighted by atomic mass is 9.84. The highest BCUT2D eigenvalue weighted by atomic mass is 16.5. The average molecular weight is 269 g/mol. The smallest absolute Gasteiger partial charge is 0.0741 e. The Morgan fingerprint density at radius 1 is 1.11 bits per heavy atom. The molecule has 1 spiro atoms. The zero-order valence-corrected chi connectivity index (χ0v) is 12.0. The molecule has 0 aromatic rings. The van der Waals surface area contributed by atoms with E-state index >= 15 is 0 Å². The third kappa shape index (κ3) is 3.13. The largest absolute Gasteiger partial charge is 0.381 e. The Morgan fingerprint density at radius 3 is 2.74 bits per heavy atom. The molecule has 4 heteroatoms. The van der Waals surface area contributed by atoms with Crippen molar-refractivity contribution in [1.29, 1.82) is 0 Å². The van der Waals surface area contributed by atoms with Gasteiger partial charge >= 0.3 is 0 Å². The maximum absolute atomic E-state index is 6.10. The topological polar surface area (TPSA) is 39.7 Å². The molecule has 1 N–H and O–H groups in total. The summed E-state index contributed by atoms with van der Waals surface area (Å²) in [5.74, 6) is 0. The number of rotatable bonds is 3. The number of ether oxygens (including phenoxy) is 3. The minimum absolute atomic E-state index is 0.0926. The number of methoxy groups -OCH3 is 1. The van der Waals surface area contributed by atoms with E-state index < -0.39 is 0 Å². The van der Waals surface area contributed by atoms with Crippen LogP contribution in [0, 0.1) is 0 Å². The summed E-state index contributed by atoms with van der Waals surface area (Å²) < 4.78 is 17.2. The molecule has 3 unspecified atom stereocenters. The van der Waals surface area contributed by atoms with Gasteiger partial charge in [-0.1, -0.05) is 0 Å². The van der Waals surface area contributed by atoms with E-state index in [1.54, 1.807) is 0 Å². The van der Waals surface area contributed by atoms with Gasteiger partial charge in [0, 0.05) is 39.0 Å². The quantitative estimate of drug-likeness (QED) is 0.849. The standard InChI is InChI=1S/C15H27NO3/c1-17-14-4-2-3-13(14)16-12-5-8-19-15(11-12)6-9-18-10-7-15/h12-14,16H,2-11H2,1H3. The van der Waals surface area contributed by atoms with Gasteiger partial charge in [-0.2, -0.15) is 0 Å². The van der Waals surface area contributed by atoms with Crippen molar-refractivity contribution in [3.63, 3.8) is 0 Å². The molecule has 4 nitrogen and oxygen atoms in total. The summed E-state index contributed by atoms with van der Waals surface area (Å²) >= 11 is 0. The second-order valence-electron chi connectivity index (χ2n) is 6.31. The fraction of sp³-hybridized carbons (Fsp3) is 1.00. The number of hydrogen-bond donors (Lipinski definition) is 1. The van der Waals surface area contributed by atoms with Gasteiger partial charge in [0.2, 0.25) is 0 Å². The van der Waals surface area contributed by atoms with Crippen molar-refractivity contribution in [2.75, 3.05) is 26.9 Å². The molecule has 19 heavy (non-hydrogen) atoms. The first kappa shape index (κ1) is 13.8. The third-order valence-corrected chi connectivity index (χ3v) is 5.10. The summed E-state index contributed by atoms with van der Waals surface area (Å²) in [6.45, 7) is 2.61. The van der Waals surface area contributed by atoms with Crippen molar-refractivity contribution in [3.05, 3.63) is 0 Å². The lowest BCUT2D eigenvalue weighted by molar-refractivity contribution is -0.141. The Kier molecular flexibility index (Phi) is 4.42. The number of hydrogen-bond acceptors (Lipinski definition) is 4. The van der Waals surface area contributed by atoms with Crippen molar-refractivity contribution in [2.24, 2.45) is 0 Å². The van der Waals surface area contributed by atoms with Gasteiger partial charge in [-0.05, 0) is 44.9 Å². The summed E-state index contributed by atoms with van der Waals surface area (Å²) in [6, 6.07) is 1.14. The van der Waals surface area contributed by atoms with Crippen molar-refractivity contribution in [2.45, 2.75) is 68.7 Å². The lowest BCUT2D eigenvalue weighted by Gasteiger charge is -2.44. The van der Waals surface area contributed by atoms with Gasteiger partial charge in [0.1, 0.15) is 0 Å². The van der Waals surface area contributed by atoms with E-state index in [9.17, 15) is 0 Å². The average Bonchev–Trinajstić information content (AvgIpc) is 2.87. The monoisotopic (exact) mass is 269 g/mol.